The Kier molecular flexibility index (Phi) is 5.59. The van der Waals surface area contributed by atoms with Gasteiger partial charge in [-0.05, 0) is 35.9 Å². The second-order valence-corrected chi connectivity index (χ2v) is 4.69. The molecule has 0 unspecified atom stereocenters. The van der Waals surface area contributed by atoms with Crippen molar-refractivity contribution in [1.82, 2.24) is 5.32 Å². The molecule has 0 radical (unpaired) electrons. The maximum atomic E-state index is 5.72. The molecule has 1 N–H and O–H groups in total. The fraction of sp³-hybridized carbons (Fsp3) is 0.294. The average Bonchev–Trinajstić information content (AvgIpc) is 2.50. The van der Waals surface area contributed by atoms with E-state index in [1.54, 1.807) is 7.11 Å². The van der Waals surface area contributed by atoms with Crippen LogP contribution in [0.1, 0.15) is 16.7 Å². The summed E-state index contributed by atoms with van der Waals surface area (Å²) >= 11 is 0. The summed E-state index contributed by atoms with van der Waals surface area (Å²) < 4.78 is 10.9. The lowest BCUT2D eigenvalue weighted by Gasteiger charge is -2.07. The molecule has 0 amide bonds. The van der Waals surface area contributed by atoms with E-state index in [1.165, 1.54) is 11.1 Å². The van der Waals surface area contributed by atoms with E-state index in [-0.39, 0.29) is 0 Å². The molecule has 3 nitrogen and oxygen atoms in total. The first-order chi connectivity index (χ1) is 9.81. The van der Waals surface area contributed by atoms with Crippen molar-refractivity contribution < 1.29 is 9.47 Å². The van der Waals surface area contributed by atoms with Gasteiger partial charge in [0.2, 0.25) is 0 Å². The van der Waals surface area contributed by atoms with Crippen molar-refractivity contribution in [3.63, 3.8) is 0 Å². The second kappa shape index (κ2) is 7.68. The molecular weight excluding hydrogens is 250 g/mol. The first-order valence-corrected chi connectivity index (χ1v) is 6.75. The summed E-state index contributed by atoms with van der Waals surface area (Å²) in [6, 6.07) is 16.4. The summed E-state index contributed by atoms with van der Waals surface area (Å²) in [5.74, 6) is 0.869. The lowest BCUT2D eigenvalue weighted by Crippen LogP contribution is -2.04. The quantitative estimate of drug-likeness (QED) is 0.839. The van der Waals surface area contributed by atoms with Gasteiger partial charge in [0.05, 0.1) is 20.3 Å². The van der Waals surface area contributed by atoms with Crippen molar-refractivity contribution in [2.24, 2.45) is 0 Å². The molecule has 0 atom stereocenters. The Morgan fingerprint density at radius 2 is 1.30 bits per heavy atom. The van der Waals surface area contributed by atoms with E-state index >= 15 is 0 Å². The molecule has 106 valence electrons. The van der Waals surface area contributed by atoms with Gasteiger partial charge < -0.3 is 14.8 Å². The van der Waals surface area contributed by atoms with Gasteiger partial charge in [-0.15, -0.1) is 0 Å². The van der Waals surface area contributed by atoms with Crippen LogP contribution in [0.3, 0.4) is 0 Å². The molecule has 2 aromatic rings. The predicted molar refractivity (Wildman–Crippen MR) is 80.7 cm³/mol. The molecule has 2 rings (SSSR count). The van der Waals surface area contributed by atoms with Crippen LogP contribution < -0.4 is 10.1 Å². The van der Waals surface area contributed by atoms with Crippen molar-refractivity contribution in [3.8, 4) is 5.75 Å². The molecule has 3 heteroatoms. The topological polar surface area (TPSA) is 30.5 Å². The molecule has 0 saturated carbocycles. The first kappa shape index (κ1) is 14.6. The van der Waals surface area contributed by atoms with Crippen LogP contribution in [-0.2, 0) is 24.5 Å². The van der Waals surface area contributed by atoms with Gasteiger partial charge in [-0.2, -0.15) is 0 Å². The van der Waals surface area contributed by atoms with Crippen molar-refractivity contribution in [3.05, 3.63) is 65.2 Å². The zero-order valence-corrected chi connectivity index (χ0v) is 12.1. The Morgan fingerprint density at radius 3 is 1.80 bits per heavy atom. The Hall–Kier alpha value is -1.84. The van der Waals surface area contributed by atoms with Crippen LogP contribution in [0.15, 0.2) is 48.5 Å². The van der Waals surface area contributed by atoms with Crippen LogP contribution in [0, 0.1) is 0 Å². The third-order valence-corrected chi connectivity index (χ3v) is 3.10. The highest BCUT2D eigenvalue weighted by Gasteiger charge is 1.97. The number of methoxy groups -OCH3 is 1. The van der Waals surface area contributed by atoms with Crippen molar-refractivity contribution in [1.29, 1.82) is 0 Å². The van der Waals surface area contributed by atoms with E-state index < -0.39 is 0 Å². The molecule has 2 aromatic carbocycles. The molecule has 0 saturated heterocycles. The normalized spacial score (nSPS) is 10.5. The molecule has 0 heterocycles. The number of hydrogen-bond acceptors (Lipinski definition) is 3. The number of ether oxygens (including phenoxy) is 2. The van der Waals surface area contributed by atoms with Gasteiger partial charge in [0.15, 0.2) is 0 Å². The van der Waals surface area contributed by atoms with Crippen molar-refractivity contribution >= 4 is 0 Å². The SMILES string of the molecule is CNCc1ccc(COCc2ccc(OC)cc2)cc1. The van der Waals surface area contributed by atoms with Crippen LogP contribution in [0.5, 0.6) is 5.75 Å². The highest BCUT2D eigenvalue weighted by molar-refractivity contribution is 5.26. The summed E-state index contributed by atoms with van der Waals surface area (Å²) in [6.07, 6.45) is 0. The number of nitrogens with one attached hydrogen (secondary N) is 1. The van der Waals surface area contributed by atoms with Crippen molar-refractivity contribution in [2.75, 3.05) is 14.2 Å². The Labute approximate surface area is 120 Å². The second-order valence-electron chi connectivity index (χ2n) is 4.69. The zero-order valence-electron chi connectivity index (χ0n) is 12.1. The lowest BCUT2D eigenvalue weighted by atomic mass is 10.1. The number of benzene rings is 2. The van der Waals surface area contributed by atoms with E-state index in [1.807, 2.05) is 31.3 Å². The average molecular weight is 271 g/mol. The van der Waals surface area contributed by atoms with Gasteiger partial charge in [-0.25, -0.2) is 0 Å². The van der Waals surface area contributed by atoms with Crippen LogP contribution >= 0.6 is 0 Å². The summed E-state index contributed by atoms with van der Waals surface area (Å²) in [5.41, 5.74) is 3.63. The molecule has 0 aliphatic heterocycles. The van der Waals surface area contributed by atoms with E-state index in [4.69, 9.17) is 9.47 Å². The fourth-order valence-corrected chi connectivity index (χ4v) is 1.97. The van der Waals surface area contributed by atoms with Crippen LogP contribution in [0.2, 0.25) is 0 Å². The smallest absolute Gasteiger partial charge is 0.118 e. The zero-order chi connectivity index (χ0) is 14.2. The molecule has 0 spiro atoms. The van der Waals surface area contributed by atoms with Gasteiger partial charge in [0.25, 0.3) is 0 Å². The molecule has 0 aromatic heterocycles. The standard InChI is InChI=1S/C17H21NO2/c1-18-11-14-3-5-15(6-4-14)12-20-13-16-7-9-17(19-2)10-8-16/h3-10,18H,11-13H2,1-2H3. The number of hydrogen-bond donors (Lipinski definition) is 1. The minimum atomic E-state index is 0.613. The molecule has 0 fully saturated rings. The van der Waals surface area contributed by atoms with Crippen LogP contribution in [0.25, 0.3) is 0 Å². The van der Waals surface area contributed by atoms with E-state index in [2.05, 4.69) is 29.6 Å². The van der Waals surface area contributed by atoms with Gasteiger partial charge in [0, 0.05) is 6.54 Å². The predicted octanol–water partition coefficient (Wildman–Crippen LogP) is 3.13. The molecule has 0 aliphatic carbocycles. The summed E-state index contributed by atoms with van der Waals surface area (Å²) in [7, 11) is 3.62. The molecular formula is C17H21NO2. The third kappa shape index (κ3) is 4.37. The lowest BCUT2D eigenvalue weighted by molar-refractivity contribution is 0.107. The van der Waals surface area contributed by atoms with E-state index in [9.17, 15) is 0 Å². The van der Waals surface area contributed by atoms with Gasteiger partial charge in [-0.3, -0.25) is 0 Å². The maximum absolute atomic E-state index is 5.72. The largest absolute Gasteiger partial charge is 0.497 e. The molecule has 20 heavy (non-hydrogen) atoms. The van der Waals surface area contributed by atoms with Crippen LogP contribution in [0.4, 0.5) is 0 Å². The highest BCUT2D eigenvalue weighted by Crippen LogP contribution is 2.13. The Bertz CT molecular complexity index is 506. The van der Waals surface area contributed by atoms with Gasteiger partial charge >= 0.3 is 0 Å². The Balaban J connectivity index is 1.79. The maximum Gasteiger partial charge on any atom is 0.118 e. The summed E-state index contributed by atoms with van der Waals surface area (Å²) in [4.78, 5) is 0. The van der Waals surface area contributed by atoms with Gasteiger partial charge in [0.1, 0.15) is 5.75 Å². The van der Waals surface area contributed by atoms with Gasteiger partial charge in [-0.1, -0.05) is 36.4 Å². The monoisotopic (exact) mass is 271 g/mol. The summed E-state index contributed by atoms with van der Waals surface area (Å²) in [5, 5.41) is 3.14. The van der Waals surface area contributed by atoms with E-state index in [0.29, 0.717) is 13.2 Å². The minimum Gasteiger partial charge on any atom is -0.497 e. The minimum absolute atomic E-state index is 0.613. The highest BCUT2D eigenvalue weighted by atomic mass is 16.5. The summed E-state index contributed by atoms with van der Waals surface area (Å²) in [6.45, 7) is 2.14. The fourth-order valence-electron chi connectivity index (χ4n) is 1.97. The van der Waals surface area contributed by atoms with Crippen LogP contribution in [-0.4, -0.2) is 14.2 Å². The first-order valence-electron chi connectivity index (χ1n) is 6.75. The molecule has 0 aliphatic rings. The van der Waals surface area contributed by atoms with E-state index in [0.717, 1.165) is 17.9 Å². The van der Waals surface area contributed by atoms with Crippen molar-refractivity contribution in [2.45, 2.75) is 19.8 Å². The number of rotatable bonds is 7. The third-order valence-electron chi connectivity index (χ3n) is 3.10. The Morgan fingerprint density at radius 1 is 0.800 bits per heavy atom. The molecule has 0 bridgehead atoms.